The fourth-order valence-electron chi connectivity index (χ4n) is 5.12. The van der Waals surface area contributed by atoms with Gasteiger partial charge in [-0.1, -0.05) is 6.92 Å². The standard InChI is InChI=1S/C24BF20.C5H13OS/c26-5-1(6(27)14(35)21(42)13(5)34)25(2-7(28)15(36)22(43)16(37)8(2)29,3-9(30)17(38)23(44)18(39)10(3)31)4-11(32)19(40)24(45)20(41)12(4)33;1-4-5-6-7(2)3/h;4-5H2,1-3H3/q-1;+1. The molecule has 4 aromatic carbocycles. The normalized spacial score (nSPS) is 11.8. The maximum Gasteiger partial charge on any atom is 0.200 e. The summed E-state index contributed by atoms with van der Waals surface area (Å²) >= 11 is 0.185. The summed E-state index contributed by atoms with van der Waals surface area (Å²) in [7, 11) is 0. The molecule has 0 unspecified atom stereocenters. The van der Waals surface area contributed by atoms with E-state index in [-0.39, 0.29) is 11.2 Å². The highest BCUT2D eigenvalue weighted by atomic mass is 32.2. The summed E-state index contributed by atoms with van der Waals surface area (Å²) in [6.07, 6.45) is -1.93. The number of rotatable bonds is 7. The zero-order valence-electron chi connectivity index (χ0n) is 25.4. The molecule has 0 aliphatic carbocycles. The Labute approximate surface area is 280 Å². The first kappa shape index (κ1) is 42.3. The van der Waals surface area contributed by atoms with Gasteiger partial charge in [0.25, 0.3) is 0 Å². The Morgan fingerprint density at radius 2 is 0.481 bits per heavy atom. The van der Waals surface area contributed by atoms with Crippen LogP contribution in [0.2, 0.25) is 0 Å². The van der Waals surface area contributed by atoms with Crippen LogP contribution < -0.4 is 21.9 Å². The SMILES string of the molecule is CCCO[S+](C)C.Fc1c(F)c(F)c([B-](c2c(F)c(F)c(F)c(F)c2F)(c2c(F)c(F)c(F)c(F)c2F)c2c(F)c(F)c(F)c(F)c2F)c(F)c1F. The summed E-state index contributed by atoms with van der Waals surface area (Å²) in [6.45, 7) is 3.03. The highest BCUT2D eigenvalue weighted by Gasteiger charge is 2.52. The van der Waals surface area contributed by atoms with Gasteiger partial charge in [0.15, 0.2) is 69.8 Å². The van der Waals surface area contributed by atoms with Crippen LogP contribution in [0.15, 0.2) is 0 Å². The van der Waals surface area contributed by atoms with Crippen LogP contribution in [0.25, 0.3) is 0 Å². The van der Waals surface area contributed by atoms with E-state index in [0.29, 0.717) is 0 Å². The van der Waals surface area contributed by atoms with E-state index < -0.39 is 144 Å². The van der Waals surface area contributed by atoms with Gasteiger partial charge in [0.1, 0.15) is 83.0 Å². The molecule has 0 radical (unpaired) electrons. The van der Waals surface area contributed by atoms with Gasteiger partial charge in [0.05, 0.1) is 0 Å². The van der Waals surface area contributed by atoms with Crippen molar-refractivity contribution in [3.8, 4) is 0 Å². The van der Waals surface area contributed by atoms with E-state index in [1.807, 2.05) is 0 Å². The summed E-state index contributed by atoms with van der Waals surface area (Å²) in [5, 5.41) is 0. The Balaban J connectivity index is 0.000000944. The second-order valence-electron chi connectivity index (χ2n) is 10.4. The van der Waals surface area contributed by atoms with Crippen molar-refractivity contribution in [3.05, 3.63) is 116 Å². The van der Waals surface area contributed by atoms with E-state index in [0.717, 1.165) is 13.0 Å². The number of hydrogen-bond donors (Lipinski definition) is 0. The molecule has 0 heterocycles. The van der Waals surface area contributed by atoms with Gasteiger partial charge in [-0.3, -0.25) is 0 Å². The van der Waals surface area contributed by atoms with Gasteiger partial charge in [0.2, 0.25) is 0 Å². The summed E-state index contributed by atoms with van der Waals surface area (Å²) in [6, 6.07) is 0. The van der Waals surface area contributed by atoms with Gasteiger partial charge in [-0.25, -0.2) is 87.8 Å². The Kier molecular flexibility index (Phi) is 12.6. The monoisotopic (exact) mass is 800 g/mol. The van der Waals surface area contributed by atoms with Crippen LogP contribution in [0.1, 0.15) is 13.3 Å². The van der Waals surface area contributed by atoms with Crippen molar-refractivity contribution in [1.29, 1.82) is 0 Å². The van der Waals surface area contributed by atoms with Gasteiger partial charge >= 0.3 is 0 Å². The molecular weight excluding hydrogens is 787 g/mol. The average Bonchev–Trinajstić information content (AvgIpc) is 3.10. The van der Waals surface area contributed by atoms with Crippen LogP contribution in [0.5, 0.6) is 0 Å². The van der Waals surface area contributed by atoms with E-state index in [2.05, 4.69) is 19.4 Å². The molecule has 52 heavy (non-hydrogen) atoms. The zero-order chi connectivity index (χ0) is 40.1. The smallest absolute Gasteiger partial charge is 0.200 e. The molecule has 0 amide bonds. The van der Waals surface area contributed by atoms with Crippen LogP contribution in [0, 0.1) is 116 Å². The second-order valence-corrected chi connectivity index (χ2v) is 12.1. The molecule has 0 saturated heterocycles. The molecule has 0 saturated carbocycles. The van der Waals surface area contributed by atoms with Crippen LogP contribution in [-0.2, 0) is 15.4 Å². The molecule has 284 valence electrons. The zero-order valence-corrected chi connectivity index (χ0v) is 26.2. The molecule has 0 N–H and O–H groups in total. The van der Waals surface area contributed by atoms with Crippen LogP contribution in [0.4, 0.5) is 87.8 Å². The minimum atomic E-state index is -7.22. The lowest BCUT2D eigenvalue weighted by molar-refractivity contribution is 0.365. The first-order valence-electron chi connectivity index (χ1n) is 13.4. The Morgan fingerprint density at radius 1 is 0.327 bits per heavy atom. The number of benzene rings is 4. The lowest BCUT2D eigenvalue weighted by atomic mass is 9.12. The van der Waals surface area contributed by atoms with Gasteiger partial charge in [-0.2, -0.15) is 4.18 Å². The lowest BCUT2D eigenvalue weighted by Gasteiger charge is -2.44. The van der Waals surface area contributed by atoms with Gasteiger partial charge in [-0.05, 0) is 6.42 Å². The molecule has 1 nitrogen and oxygen atoms in total. The molecule has 0 atom stereocenters. The van der Waals surface area contributed by atoms with E-state index in [1.165, 1.54) is 0 Å². The fourth-order valence-corrected chi connectivity index (χ4v) is 5.62. The van der Waals surface area contributed by atoms with Crippen LogP contribution in [-0.4, -0.2) is 25.3 Å². The molecule has 0 bridgehead atoms. The maximum absolute atomic E-state index is 15.4. The molecule has 4 aromatic rings. The minimum Gasteiger partial charge on any atom is -0.207 e. The Bertz CT molecular complexity index is 1690. The van der Waals surface area contributed by atoms with Gasteiger partial charge in [0, 0.05) is 0 Å². The van der Waals surface area contributed by atoms with Crippen LogP contribution in [0.3, 0.4) is 0 Å². The van der Waals surface area contributed by atoms with Crippen molar-refractivity contribution < 1.29 is 92.0 Å². The predicted molar refractivity (Wildman–Crippen MR) is 145 cm³/mol. The summed E-state index contributed by atoms with van der Waals surface area (Å²) < 4.78 is 299. The van der Waals surface area contributed by atoms with Crippen molar-refractivity contribution in [2.45, 2.75) is 13.3 Å². The number of halogens is 20. The van der Waals surface area contributed by atoms with Crippen molar-refractivity contribution >= 4 is 39.2 Å². The quantitative estimate of drug-likeness (QED) is 0.0641. The second kappa shape index (κ2) is 15.4. The molecule has 0 aromatic heterocycles. The molecule has 0 spiro atoms. The molecule has 0 aliphatic heterocycles. The Morgan fingerprint density at radius 3 is 0.596 bits per heavy atom. The average molecular weight is 800 g/mol. The predicted octanol–water partition coefficient (Wildman–Crippen LogP) is 7.05. The third-order valence-corrected chi connectivity index (χ3v) is 7.87. The van der Waals surface area contributed by atoms with Crippen LogP contribution >= 0.6 is 0 Å². The lowest BCUT2D eigenvalue weighted by Crippen LogP contribution is -2.81. The molecule has 4 rings (SSSR count). The maximum atomic E-state index is 15.4. The van der Waals surface area contributed by atoms with E-state index >= 15 is 35.1 Å². The summed E-state index contributed by atoms with van der Waals surface area (Å²) in [4.78, 5) is 0. The van der Waals surface area contributed by atoms with Crippen molar-refractivity contribution in [3.63, 3.8) is 0 Å². The van der Waals surface area contributed by atoms with Crippen molar-refractivity contribution in [2.75, 3.05) is 19.1 Å². The fraction of sp³-hybridized carbons (Fsp3) is 0.172. The topological polar surface area (TPSA) is 9.23 Å². The minimum absolute atomic E-state index is 0.185. The first-order valence-corrected chi connectivity index (χ1v) is 15.4. The third kappa shape index (κ3) is 6.42. The summed E-state index contributed by atoms with van der Waals surface area (Å²) in [5.41, 5.74) is -14.3. The molecule has 0 fully saturated rings. The van der Waals surface area contributed by atoms with E-state index in [4.69, 9.17) is 4.18 Å². The van der Waals surface area contributed by atoms with Gasteiger partial charge < -0.3 is 0 Å². The molecular formula is C29H13BF20OS. The van der Waals surface area contributed by atoms with E-state index in [1.54, 1.807) is 0 Å². The highest BCUT2D eigenvalue weighted by molar-refractivity contribution is 7.90. The molecule has 23 heteroatoms. The molecule has 0 aliphatic rings. The van der Waals surface area contributed by atoms with Crippen molar-refractivity contribution in [2.24, 2.45) is 0 Å². The number of hydrogen-bond acceptors (Lipinski definition) is 1. The Hall–Kier alpha value is -4.15. The van der Waals surface area contributed by atoms with E-state index in [9.17, 15) is 52.7 Å². The van der Waals surface area contributed by atoms with Gasteiger partial charge in [-0.15, -0.1) is 21.9 Å². The largest absolute Gasteiger partial charge is 0.207 e. The summed E-state index contributed by atoms with van der Waals surface area (Å²) in [5.74, 6) is -71.4. The third-order valence-electron chi connectivity index (χ3n) is 7.23. The van der Waals surface area contributed by atoms with Crippen molar-refractivity contribution in [1.82, 2.24) is 0 Å². The first-order chi connectivity index (χ1) is 24.0. The highest BCUT2D eigenvalue weighted by Crippen LogP contribution is 2.30.